The Labute approximate surface area is 136 Å². The maximum Gasteiger partial charge on any atom is 0.0897 e. The van der Waals surface area contributed by atoms with E-state index in [4.69, 9.17) is 16.3 Å². The minimum atomic E-state index is -0.471. The first kappa shape index (κ1) is 17.1. The summed E-state index contributed by atoms with van der Waals surface area (Å²) in [5.74, 6) is 0. The molecular formula is C16H24ClNO2S. The fourth-order valence-electron chi connectivity index (χ4n) is 2.62. The van der Waals surface area contributed by atoms with E-state index >= 15 is 0 Å². The van der Waals surface area contributed by atoms with E-state index in [1.165, 1.54) is 19.3 Å². The van der Waals surface area contributed by atoms with Crippen LogP contribution in [0.1, 0.15) is 24.8 Å². The Hall–Kier alpha value is -0.260. The van der Waals surface area contributed by atoms with Crippen molar-refractivity contribution in [3.63, 3.8) is 0 Å². The molecule has 0 heterocycles. The van der Waals surface area contributed by atoms with Crippen LogP contribution in [0.3, 0.4) is 0 Å². The zero-order valence-corrected chi connectivity index (χ0v) is 14.0. The largest absolute Gasteiger partial charge is 0.389 e. The number of aliphatic hydroxyl groups excluding tert-OH is 1. The molecule has 3 nitrogen and oxygen atoms in total. The number of thioether (sulfide) groups is 1. The number of ether oxygens (including phenoxy) is 1. The predicted molar refractivity (Wildman–Crippen MR) is 90.1 cm³/mol. The molecule has 21 heavy (non-hydrogen) atoms. The molecule has 0 amide bonds. The van der Waals surface area contributed by atoms with Crippen molar-refractivity contribution >= 4 is 23.4 Å². The summed E-state index contributed by atoms with van der Waals surface area (Å²) < 4.78 is 5.54. The number of halogens is 1. The van der Waals surface area contributed by atoms with Crippen molar-refractivity contribution in [3.05, 3.63) is 34.9 Å². The van der Waals surface area contributed by atoms with Crippen molar-refractivity contribution in [1.82, 2.24) is 5.32 Å². The molecule has 0 radical (unpaired) electrons. The van der Waals surface area contributed by atoms with Crippen LogP contribution in [-0.4, -0.2) is 41.9 Å². The van der Waals surface area contributed by atoms with Crippen molar-refractivity contribution in [2.45, 2.75) is 43.3 Å². The van der Waals surface area contributed by atoms with Gasteiger partial charge in [0.25, 0.3) is 0 Å². The highest BCUT2D eigenvalue weighted by atomic mass is 35.5. The summed E-state index contributed by atoms with van der Waals surface area (Å²) in [6.45, 7) is 1.36. The molecule has 1 aliphatic carbocycles. The predicted octanol–water partition coefficient (Wildman–Crippen LogP) is 3.09. The van der Waals surface area contributed by atoms with E-state index in [1.807, 2.05) is 36.0 Å². The van der Waals surface area contributed by atoms with Crippen LogP contribution in [0, 0.1) is 0 Å². The topological polar surface area (TPSA) is 41.5 Å². The number of nitrogens with one attached hydrogen (secondary N) is 1. The monoisotopic (exact) mass is 329 g/mol. The average Bonchev–Trinajstić information content (AvgIpc) is 2.95. The van der Waals surface area contributed by atoms with Crippen molar-refractivity contribution in [2.75, 3.05) is 19.4 Å². The quantitative estimate of drug-likeness (QED) is 0.769. The zero-order chi connectivity index (χ0) is 15.1. The first-order valence-corrected chi connectivity index (χ1v) is 9.11. The highest BCUT2D eigenvalue weighted by Gasteiger charge is 2.23. The van der Waals surface area contributed by atoms with Crippen molar-refractivity contribution in [3.8, 4) is 0 Å². The van der Waals surface area contributed by atoms with Crippen LogP contribution in [0.5, 0.6) is 0 Å². The zero-order valence-electron chi connectivity index (χ0n) is 12.4. The molecule has 0 aliphatic heterocycles. The van der Waals surface area contributed by atoms with Crippen LogP contribution in [0.4, 0.5) is 0 Å². The van der Waals surface area contributed by atoms with Gasteiger partial charge >= 0.3 is 0 Å². The number of hydrogen-bond acceptors (Lipinski definition) is 4. The third-order valence-electron chi connectivity index (χ3n) is 3.89. The van der Waals surface area contributed by atoms with Gasteiger partial charge < -0.3 is 15.2 Å². The van der Waals surface area contributed by atoms with Gasteiger partial charge in [-0.1, -0.05) is 29.8 Å². The first-order chi connectivity index (χ1) is 10.2. The van der Waals surface area contributed by atoms with Gasteiger partial charge in [-0.3, -0.25) is 0 Å². The molecule has 1 aliphatic rings. The van der Waals surface area contributed by atoms with E-state index in [2.05, 4.69) is 11.6 Å². The van der Waals surface area contributed by atoms with Gasteiger partial charge in [-0.2, -0.15) is 11.8 Å². The summed E-state index contributed by atoms with van der Waals surface area (Å²) in [4.78, 5) is 0. The van der Waals surface area contributed by atoms with Crippen LogP contribution >= 0.6 is 23.4 Å². The Kier molecular flexibility index (Phi) is 7.34. The van der Waals surface area contributed by atoms with Crippen molar-refractivity contribution in [2.24, 2.45) is 0 Å². The van der Waals surface area contributed by atoms with Crippen LogP contribution in [0.2, 0.25) is 5.02 Å². The molecule has 3 atom stereocenters. The Morgan fingerprint density at radius 3 is 2.95 bits per heavy atom. The van der Waals surface area contributed by atoms with Gasteiger partial charge in [0, 0.05) is 22.9 Å². The lowest BCUT2D eigenvalue weighted by atomic mass is 10.2. The Morgan fingerprint density at radius 2 is 2.24 bits per heavy atom. The molecule has 1 fully saturated rings. The molecule has 3 unspecified atom stereocenters. The SMILES string of the molecule is CSC1CCC(NCC(O)COCc2ccccc2Cl)C1. The van der Waals surface area contributed by atoms with Gasteiger partial charge in [0.05, 0.1) is 19.3 Å². The third kappa shape index (κ3) is 5.80. The number of rotatable bonds is 8. The molecule has 1 saturated carbocycles. The molecule has 2 rings (SSSR count). The second-order valence-electron chi connectivity index (χ2n) is 5.54. The van der Waals surface area contributed by atoms with Crippen LogP contribution < -0.4 is 5.32 Å². The minimum Gasteiger partial charge on any atom is -0.389 e. The smallest absolute Gasteiger partial charge is 0.0897 e. The molecule has 5 heteroatoms. The van der Waals surface area contributed by atoms with Gasteiger partial charge in [-0.15, -0.1) is 0 Å². The van der Waals surface area contributed by atoms with E-state index in [1.54, 1.807) is 0 Å². The number of benzene rings is 1. The summed E-state index contributed by atoms with van der Waals surface area (Å²) in [5.41, 5.74) is 0.956. The summed E-state index contributed by atoms with van der Waals surface area (Å²) in [6, 6.07) is 8.16. The maximum atomic E-state index is 9.95. The summed E-state index contributed by atoms with van der Waals surface area (Å²) in [5, 5.41) is 14.9. The minimum absolute atomic E-state index is 0.330. The lowest BCUT2D eigenvalue weighted by molar-refractivity contribution is 0.0277. The highest BCUT2D eigenvalue weighted by Crippen LogP contribution is 2.28. The Bertz CT molecular complexity index is 432. The van der Waals surface area contributed by atoms with Crippen LogP contribution in [0.25, 0.3) is 0 Å². The van der Waals surface area contributed by atoms with Gasteiger partial charge in [0.15, 0.2) is 0 Å². The molecule has 1 aromatic carbocycles. The average molecular weight is 330 g/mol. The molecule has 2 N–H and O–H groups in total. The Balaban J connectivity index is 1.60. The molecule has 0 saturated heterocycles. The van der Waals surface area contributed by atoms with E-state index < -0.39 is 6.10 Å². The molecular weight excluding hydrogens is 306 g/mol. The second-order valence-corrected chi connectivity index (χ2v) is 7.08. The lowest BCUT2D eigenvalue weighted by Crippen LogP contribution is -2.36. The fourth-order valence-corrected chi connectivity index (χ4v) is 3.61. The van der Waals surface area contributed by atoms with E-state index in [0.29, 0.717) is 30.8 Å². The first-order valence-electron chi connectivity index (χ1n) is 7.44. The van der Waals surface area contributed by atoms with Crippen molar-refractivity contribution in [1.29, 1.82) is 0 Å². The van der Waals surface area contributed by atoms with Crippen molar-refractivity contribution < 1.29 is 9.84 Å². The summed E-state index contributed by atoms with van der Waals surface area (Å²) in [6.07, 6.45) is 5.39. The third-order valence-corrected chi connectivity index (χ3v) is 5.35. The number of hydrogen-bond donors (Lipinski definition) is 2. The summed E-state index contributed by atoms with van der Waals surface area (Å²) >= 11 is 8.00. The summed E-state index contributed by atoms with van der Waals surface area (Å²) in [7, 11) is 0. The van der Waals surface area contributed by atoms with E-state index in [-0.39, 0.29) is 0 Å². The molecule has 0 spiro atoms. The molecule has 1 aromatic rings. The van der Waals surface area contributed by atoms with Gasteiger partial charge in [0.2, 0.25) is 0 Å². The number of aliphatic hydroxyl groups is 1. The maximum absolute atomic E-state index is 9.95. The Morgan fingerprint density at radius 1 is 1.43 bits per heavy atom. The lowest BCUT2D eigenvalue weighted by Gasteiger charge is -2.17. The standard InChI is InChI=1S/C16H24ClNO2S/c1-21-15-7-6-13(8-15)18-9-14(19)11-20-10-12-4-2-3-5-16(12)17/h2-5,13-15,18-19H,6-11H2,1H3. The van der Waals surface area contributed by atoms with E-state index in [9.17, 15) is 5.11 Å². The van der Waals surface area contributed by atoms with Crippen LogP contribution in [-0.2, 0) is 11.3 Å². The molecule has 0 bridgehead atoms. The second kappa shape index (κ2) is 9.01. The molecule has 0 aromatic heterocycles. The fraction of sp³-hybridized carbons (Fsp3) is 0.625. The normalized spacial score (nSPS) is 23.4. The highest BCUT2D eigenvalue weighted by molar-refractivity contribution is 7.99. The molecule has 118 valence electrons. The van der Waals surface area contributed by atoms with E-state index in [0.717, 1.165) is 10.8 Å². The van der Waals surface area contributed by atoms with Gasteiger partial charge in [-0.25, -0.2) is 0 Å². The van der Waals surface area contributed by atoms with Gasteiger partial charge in [-0.05, 0) is 37.1 Å². The van der Waals surface area contributed by atoms with Crippen LogP contribution in [0.15, 0.2) is 24.3 Å². The van der Waals surface area contributed by atoms with Gasteiger partial charge in [0.1, 0.15) is 0 Å².